The van der Waals surface area contributed by atoms with E-state index >= 15 is 0 Å². The summed E-state index contributed by atoms with van der Waals surface area (Å²) in [4.78, 5) is 11.7. The molecule has 0 aliphatic carbocycles. The van der Waals surface area contributed by atoms with Gasteiger partial charge in [-0.05, 0) is 49.0 Å². The van der Waals surface area contributed by atoms with Gasteiger partial charge in [-0.1, -0.05) is 33.8 Å². The Hall–Kier alpha value is -1.77. The number of carbonyl (C=O) groups excluding carboxylic acids is 1. The summed E-state index contributed by atoms with van der Waals surface area (Å²) in [5.74, 6) is 1.28. The lowest BCUT2D eigenvalue weighted by molar-refractivity contribution is -0.141. The van der Waals surface area contributed by atoms with E-state index in [2.05, 4.69) is 27.7 Å². The quantitative estimate of drug-likeness (QED) is 0.553. The molecule has 3 nitrogen and oxygen atoms in total. The Morgan fingerprint density at radius 2 is 1.59 bits per heavy atom. The molecule has 1 rings (SSSR count). The molecule has 1 aromatic rings. The van der Waals surface area contributed by atoms with Gasteiger partial charge < -0.3 is 9.47 Å². The van der Waals surface area contributed by atoms with Crippen LogP contribution in [0, 0.1) is 0 Å². The van der Waals surface area contributed by atoms with Crippen LogP contribution in [0.15, 0.2) is 18.2 Å². The van der Waals surface area contributed by atoms with E-state index in [-0.39, 0.29) is 12.1 Å². The third-order valence-corrected chi connectivity index (χ3v) is 3.41. The van der Waals surface area contributed by atoms with Crippen molar-refractivity contribution in [3.05, 3.63) is 34.9 Å². The molecule has 0 heterocycles. The smallest absolute Gasteiger partial charge is 0.331 e. The van der Waals surface area contributed by atoms with Crippen LogP contribution >= 0.6 is 0 Å². The van der Waals surface area contributed by atoms with Crippen molar-refractivity contribution in [2.75, 3.05) is 7.11 Å². The molecule has 0 aromatic heterocycles. The number of carbonyl (C=O) groups is 1. The van der Waals surface area contributed by atoms with Gasteiger partial charge >= 0.3 is 5.97 Å². The molecule has 0 fully saturated rings. The lowest BCUT2D eigenvalue weighted by Gasteiger charge is -2.22. The van der Waals surface area contributed by atoms with Crippen LogP contribution in [0.5, 0.6) is 5.75 Å². The maximum atomic E-state index is 11.7. The third kappa shape index (κ3) is 4.62. The van der Waals surface area contributed by atoms with E-state index in [0.29, 0.717) is 11.8 Å². The highest BCUT2D eigenvalue weighted by atomic mass is 16.5. The number of hydrogen-bond acceptors (Lipinski definition) is 3. The van der Waals surface area contributed by atoms with Gasteiger partial charge in [-0.2, -0.15) is 0 Å². The standard InChI is InChI=1S/C19H28O3/c1-12(2)18-15(9-11-17(20)22-14(5)6)8-10-16(21-7)19(18)13(3)4/h8-14H,1-7H3. The minimum Gasteiger partial charge on any atom is -0.496 e. The van der Waals surface area contributed by atoms with E-state index in [1.165, 1.54) is 17.2 Å². The van der Waals surface area contributed by atoms with Crippen molar-refractivity contribution in [1.82, 2.24) is 0 Å². The molecule has 0 unspecified atom stereocenters. The first-order valence-corrected chi connectivity index (χ1v) is 7.87. The summed E-state index contributed by atoms with van der Waals surface area (Å²) >= 11 is 0. The second kappa shape index (κ2) is 8.02. The van der Waals surface area contributed by atoms with Crippen molar-refractivity contribution < 1.29 is 14.3 Å². The molecule has 0 saturated carbocycles. The Morgan fingerprint density at radius 3 is 2.05 bits per heavy atom. The van der Waals surface area contributed by atoms with Crippen LogP contribution in [0.2, 0.25) is 0 Å². The number of esters is 1. The Kier molecular flexibility index (Phi) is 6.66. The number of rotatable bonds is 6. The zero-order valence-corrected chi connectivity index (χ0v) is 14.8. The van der Waals surface area contributed by atoms with Crippen LogP contribution in [-0.4, -0.2) is 19.2 Å². The molecular formula is C19H28O3. The van der Waals surface area contributed by atoms with Crippen LogP contribution in [0.1, 0.15) is 70.1 Å². The molecule has 3 heteroatoms. The van der Waals surface area contributed by atoms with Gasteiger partial charge in [0, 0.05) is 11.6 Å². The zero-order valence-electron chi connectivity index (χ0n) is 14.8. The number of benzene rings is 1. The van der Waals surface area contributed by atoms with Crippen molar-refractivity contribution in [3.63, 3.8) is 0 Å². The molecule has 0 atom stereocenters. The van der Waals surface area contributed by atoms with Crippen LogP contribution in [0.3, 0.4) is 0 Å². The fourth-order valence-corrected chi connectivity index (χ4v) is 2.63. The molecule has 122 valence electrons. The number of ether oxygens (including phenoxy) is 2. The largest absolute Gasteiger partial charge is 0.496 e. The Bertz CT molecular complexity index is 540. The van der Waals surface area contributed by atoms with E-state index in [1.54, 1.807) is 7.11 Å². The fraction of sp³-hybridized carbons (Fsp3) is 0.526. The van der Waals surface area contributed by atoms with Crippen LogP contribution in [0.25, 0.3) is 6.08 Å². The van der Waals surface area contributed by atoms with E-state index < -0.39 is 0 Å². The normalized spacial score (nSPS) is 11.7. The van der Waals surface area contributed by atoms with Crippen molar-refractivity contribution in [2.24, 2.45) is 0 Å². The SMILES string of the molecule is COc1ccc(C=CC(=O)OC(C)C)c(C(C)C)c1C(C)C. The highest BCUT2D eigenvalue weighted by Gasteiger charge is 2.18. The van der Waals surface area contributed by atoms with E-state index in [9.17, 15) is 4.79 Å². The molecule has 1 aromatic carbocycles. The summed E-state index contributed by atoms with van der Waals surface area (Å²) in [6, 6.07) is 3.97. The monoisotopic (exact) mass is 304 g/mol. The van der Waals surface area contributed by atoms with Crippen molar-refractivity contribution >= 4 is 12.0 Å². The first-order valence-electron chi connectivity index (χ1n) is 7.87. The fourth-order valence-electron chi connectivity index (χ4n) is 2.63. The lowest BCUT2D eigenvalue weighted by Crippen LogP contribution is -2.08. The third-order valence-electron chi connectivity index (χ3n) is 3.41. The minimum atomic E-state index is -0.313. The summed E-state index contributed by atoms with van der Waals surface area (Å²) < 4.78 is 10.7. The summed E-state index contributed by atoms with van der Waals surface area (Å²) in [6.07, 6.45) is 3.23. The molecule has 0 amide bonds. The van der Waals surface area contributed by atoms with E-state index in [1.807, 2.05) is 32.1 Å². The average Bonchev–Trinajstić information content (AvgIpc) is 2.42. The predicted molar refractivity (Wildman–Crippen MR) is 91.4 cm³/mol. The van der Waals surface area contributed by atoms with Gasteiger partial charge in [0.1, 0.15) is 5.75 Å². The Labute approximate surface area is 134 Å². The molecule has 0 saturated heterocycles. The molecule has 0 aliphatic heterocycles. The molecule has 0 N–H and O–H groups in total. The highest BCUT2D eigenvalue weighted by Crippen LogP contribution is 2.36. The van der Waals surface area contributed by atoms with Crippen LogP contribution in [-0.2, 0) is 9.53 Å². The summed E-state index contributed by atoms with van der Waals surface area (Å²) in [6.45, 7) is 12.3. The molecule has 0 aliphatic rings. The van der Waals surface area contributed by atoms with Crippen LogP contribution in [0.4, 0.5) is 0 Å². The minimum absolute atomic E-state index is 0.108. The maximum absolute atomic E-state index is 11.7. The van der Waals surface area contributed by atoms with Crippen molar-refractivity contribution in [2.45, 2.75) is 59.5 Å². The van der Waals surface area contributed by atoms with E-state index in [4.69, 9.17) is 9.47 Å². The van der Waals surface area contributed by atoms with Gasteiger partial charge in [0.05, 0.1) is 13.2 Å². The maximum Gasteiger partial charge on any atom is 0.331 e. The Morgan fingerprint density at radius 1 is 1.00 bits per heavy atom. The van der Waals surface area contributed by atoms with Gasteiger partial charge in [0.15, 0.2) is 0 Å². The topological polar surface area (TPSA) is 35.5 Å². The zero-order chi connectivity index (χ0) is 16.9. The van der Waals surface area contributed by atoms with Crippen LogP contribution < -0.4 is 4.74 Å². The molecular weight excluding hydrogens is 276 g/mol. The average molecular weight is 304 g/mol. The van der Waals surface area contributed by atoms with Gasteiger partial charge in [-0.15, -0.1) is 0 Å². The number of methoxy groups -OCH3 is 1. The summed E-state index contributed by atoms with van der Waals surface area (Å²) in [5, 5.41) is 0. The van der Waals surface area contributed by atoms with Crippen molar-refractivity contribution in [1.29, 1.82) is 0 Å². The summed E-state index contributed by atoms with van der Waals surface area (Å²) in [5.41, 5.74) is 3.47. The second-order valence-electron chi connectivity index (χ2n) is 6.31. The second-order valence-corrected chi connectivity index (χ2v) is 6.31. The van der Waals surface area contributed by atoms with E-state index in [0.717, 1.165) is 11.3 Å². The number of hydrogen-bond donors (Lipinski definition) is 0. The molecule has 0 bridgehead atoms. The van der Waals surface area contributed by atoms with Crippen molar-refractivity contribution in [3.8, 4) is 5.75 Å². The molecule has 22 heavy (non-hydrogen) atoms. The van der Waals surface area contributed by atoms with Gasteiger partial charge in [0.25, 0.3) is 0 Å². The van der Waals surface area contributed by atoms with Gasteiger partial charge in [-0.25, -0.2) is 4.79 Å². The first kappa shape index (κ1) is 18.3. The van der Waals surface area contributed by atoms with Gasteiger partial charge in [0.2, 0.25) is 0 Å². The molecule has 0 radical (unpaired) electrons. The summed E-state index contributed by atoms with van der Waals surface area (Å²) in [7, 11) is 1.70. The Balaban J connectivity index is 3.28. The predicted octanol–water partition coefficient (Wildman–Crippen LogP) is 4.91. The highest BCUT2D eigenvalue weighted by molar-refractivity contribution is 5.87. The first-order chi connectivity index (χ1) is 10.3. The molecule has 0 spiro atoms. The lowest BCUT2D eigenvalue weighted by atomic mass is 9.86. The van der Waals surface area contributed by atoms with Gasteiger partial charge in [-0.3, -0.25) is 0 Å².